The van der Waals surface area contributed by atoms with E-state index in [1.54, 1.807) is 0 Å². The van der Waals surface area contributed by atoms with Gasteiger partial charge in [0, 0.05) is 29.2 Å². The second kappa shape index (κ2) is 6.71. The van der Waals surface area contributed by atoms with Gasteiger partial charge in [0.05, 0.1) is 5.69 Å². The van der Waals surface area contributed by atoms with Crippen LogP contribution in [0.15, 0.2) is 48.7 Å². The summed E-state index contributed by atoms with van der Waals surface area (Å²) < 4.78 is 0. The third-order valence-corrected chi connectivity index (χ3v) is 4.17. The lowest BCUT2D eigenvalue weighted by Crippen LogP contribution is -2.28. The van der Waals surface area contributed by atoms with Crippen LogP contribution in [0, 0.1) is 20.8 Å². The fourth-order valence-corrected chi connectivity index (χ4v) is 2.65. The van der Waals surface area contributed by atoms with E-state index >= 15 is 0 Å². The lowest BCUT2D eigenvalue weighted by atomic mass is 10.1. The molecule has 3 rings (SSSR count). The third-order valence-electron chi connectivity index (χ3n) is 4.17. The van der Waals surface area contributed by atoms with Crippen LogP contribution in [0.25, 0.3) is 10.8 Å². The van der Waals surface area contributed by atoms with Crippen molar-refractivity contribution in [2.24, 2.45) is 0 Å². The number of nitrogens with zero attached hydrogens (tertiary/aromatic N) is 1. The number of aryl methyl sites for hydroxylation is 3. The minimum absolute atomic E-state index is 0.213. The van der Waals surface area contributed by atoms with Gasteiger partial charge in [-0.25, -0.2) is 4.79 Å². The van der Waals surface area contributed by atoms with Crippen molar-refractivity contribution >= 4 is 22.5 Å². The maximum Gasteiger partial charge on any atom is 0.319 e. The van der Waals surface area contributed by atoms with Crippen LogP contribution >= 0.6 is 0 Å². The van der Waals surface area contributed by atoms with Gasteiger partial charge in [0.25, 0.3) is 0 Å². The van der Waals surface area contributed by atoms with Gasteiger partial charge in [0.1, 0.15) is 0 Å². The van der Waals surface area contributed by atoms with E-state index in [9.17, 15) is 4.79 Å². The van der Waals surface area contributed by atoms with Crippen LogP contribution in [0.3, 0.4) is 0 Å². The molecule has 24 heavy (non-hydrogen) atoms. The van der Waals surface area contributed by atoms with Gasteiger partial charge in [-0.15, -0.1) is 0 Å². The Morgan fingerprint density at radius 3 is 2.67 bits per heavy atom. The third kappa shape index (κ3) is 3.54. The average Bonchev–Trinajstić information content (AvgIpc) is 2.56. The van der Waals surface area contributed by atoms with Crippen LogP contribution in [-0.2, 0) is 6.54 Å². The van der Waals surface area contributed by atoms with Gasteiger partial charge < -0.3 is 10.6 Å². The summed E-state index contributed by atoms with van der Waals surface area (Å²) in [5, 5.41) is 7.84. The van der Waals surface area contributed by atoms with Crippen LogP contribution < -0.4 is 10.6 Å². The Hall–Kier alpha value is -2.88. The van der Waals surface area contributed by atoms with Gasteiger partial charge in [0.15, 0.2) is 0 Å². The molecule has 2 N–H and O–H groups in total. The highest BCUT2D eigenvalue weighted by molar-refractivity contribution is 6.01. The van der Waals surface area contributed by atoms with E-state index in [0.29, 0.717) is 6.54 Å². The van der Waals surface area contributed by atoms with Crippen molar-refractivity contribution in [2.45, 2.75) is 27.3 Å². The molecule has 2 amide bonds. The molecule has 0 bridgehead atoms. The van der Waals surface area contributed by atoms with Crippen molar-refractivity contribution in [1.29, 1.82) is 0 Å². The number of pyridine rings is 1. The number of urea groups is 1. The Morgan fingerprint density at radius 1 is 1.04 bits per heavy atom. The summed E-state index contributed by atoms with van der Waals surface area (Å²) in [6.45, 7) is 6.59. The fourth-order valence-electron chi connectivity index (χ4n) is 2.65. The molecule has 0 radical (unpaired) electrons. The lowest BCUT2D eigenvalue weighted by Gasteiger charge is -2.11. The smallest absolute Gasteiger partial charge is 0.319 e. The molecule has 0 saturated heterocycles. The maximum atomic E-state index is 12.2. The fraction of sp³-hybridized carbons (Fsp3) is 0.200. The maximum absolute atomic E-state index is 12.2. The molecular formula is C20H21N3O. The molecule has 1 heterocycles. The van der Waals surface area contributed by atoms with Gasteiger partial charge in [-0.3, -0.25) is 4.98 Å². The zero-order valence-electron chi connectivity index (χ0n) is 14.2. The molecule has 2 aromatic carbocycles. The lowest BCUT2D eigenvalue weighted by molar-refractivity contribution is 0.252. The first kappa shape index (κ1) is 16.0. The number of fused-ring (bicyclic) bond motifs is 1. The van der Waals surface area contributed by atoms with Crippen LogP contribution in [0.5, 0.6) is 0 Å². The summed E-state index contributed by atoms with van der Waals surface area (Å²) in [6, 6.07) is 13.8. The van der Waals surface area contributed by atoms with Crippen molar-refractivity contribution in [1.82, 2.24) is 10.3 Å². The molecule has 0 spiro atoms. The molecular weight excluding hydrogens is 298 g/mol. The highest BCUT2D eigenvalue weighted by atomic mass is 16.2. The van der Waals surface area contributed by atoms with Crippen LogP contribution in [-0.4, -0.2) is 11.0 Å². The Kier molecular flexibility index (Phi) is 4.47. The Labute approximate surface area is 141 Å². The zero-order valence-corrected chi connectivity index (χ0v) is 14.2. The number of amides is 2. The van der Waals surface area contributed by atoms with E-state index in [0.717, 1.165) is 27.7 Å². The first-order chi connectivity index (χ1) is 11.5. The molecule has 0 fully saturated rings. The number of nitrogens with one attached hydrogen (secondary N) is 2. The molecule has 0 aliphatic rings. The van der Waals surface area contributed by atoms with E-state index in [4.69, 9.17) is 0 Å². The summed E-state index contributed by atoms with van der Waals surface area (Å²) in [5.74, 6) is 0. The molecule has 0 aliphatic carbocycles. The largest absolute Gasteiger partial charge is 0.334 e. The minimum Gasteiger partial charge on any atom is -0.334 e. The molecule has 0 unspecified atom stereocenters. The summed E-state index contributed by atoms with van der Waals surface area (Å²) in [5.41, 5.74) is 5.28. The molecule has 0 saturated carbocycles. The average molecular weight is 319 g/mol. The predicted molar refractivity (Wildman–Crippen MR) is 98.3 cm³/mol. The molecule has 4 nitrogen and oxygen atoms in total. The molecule has 0 aliphatic heterocycles. The predicted octanol–water partition coefficient (Wildman–Crippen LogP) is 4.48. The van der Waals surface area contributed by atoms with Gasteiger partial charge in [0.2, 0.25) is 0 Å². The molecule has 122 valence electrons. The van der Waals surface area contributed by atoms with Gasteiger partial charge in [-0.1, -0.05) is 30.3 Å². The number of aromatic nitrogens is 1. The van der Waals surface area contributed by atoms with E-state index in [1.807, 2.05) is 43.5 Å². The number of hydrogen-bond donors (Lipinski definition) is 2. The highest BCUT2D eigenvalue weighted by Gasteiger charge is 2.06. The summed E-state index contributed by atoms with van der Waals surface area (Å²) >= 11 is 0. The number of benzene rings is 2. The minimum atomic E-state index is -0.213. The quantitative estimate of drug-likeness (QED) is 0.748. The summed E-state index contributed by atoms with van der Waals surface area (Å²) in [4.78, 5) is 16.5. The Bertz CT molecular complexity index is 903. The van der Waals surface area contributed by atoms with E-state index < -0.39 is 0 Å². The van der Waals surface area contributed by atoms with E-state index in [-0.39, 0.29) is 6.03 Å². The van der Waals surface area contributed by atoms with Crippen molar-refractivity contribution in [3.63, 3.8) is 0 Å². The van der Waals surface area contributed by atoms with Gasteiger partial charge in [-0.05, 0) is 49.6 Å². The first-order valence-corrected chi connectivity index (χ1v) is 7.99. The molecule has 0 atom stereocenters. The zero-order chi connectivity index (χ0) is 17.1. The van der Waals surface area contributed by atoms with Crippen molar-refractivity contribution in [3.8, 4) is 0 Å². The Balaban J connectivity index is 1.71. The SMILES string of the molecule is Cc1cc2c(NC(=O)NCc3ccc(C)c(C)c3)cccc2cn1. The molecule has 4 heteroatoms. The second-order valence-electron chi connectivity index (χ2n) is 6.08. The summed E-state index contributed by atoms with van der Waals surface area (Å²) in [7, 11) is 0. The number of rotatable bonds is 3. The number of carbonyl (C=O) groups excluding carboxylic acids is 1. The number of anilines is 1. The van der Waals surface area contributed by atoms with Gasteiger partial charge in [-0.2, -0.15) is 0 Å². The highest BCUT2D eigenvalue weighted by Crippen LogP contribution is 2.23. The van der Waals surface area contributed by atoms with Crippen molar-refractivity contribution in [3.05, 3.63) is 71.0 Å². The van der Waals surface area contributed by atoms with Crippen LogP contribution in [0.2, 0.25) is 0 Å². The van der Waals surface area contributed by atoms with Gasteiger partial charge >= 0.3 is 6.03 Å². The topological polar surface area (TPSA) is 54.0 Å². The monoisotopic (exact) mass is 319 g/mol. The summed E-state index contributed by atoms with van der Waals surface area (Å²) in [6.07, 6.45) is 1.82. The number of carbonyl (C=O) groups is 1. The normalized spacial score (nSPS) is 10.6. The van der Waals surface area contributed by atoms with E-state index in [1.165, 1.54) is 11.1 Å². The van der Waals surface area contributed by atoms with Crippen molar-refractivity contribution < 1.29 is 4.79 Å². The van der Waals surface area contributed by atoms with Crippen LogP contribution in [0.1, 0.15) is 22.4 Å². The standard InChI is InChI=1S/C20H21N3O/c1-13-7-8-16(9-14(13)2)11-22-20(24)23-19-6-4-5-17-12-21-15(3)10-18(17)19/h4-10,12H,11H2,1-3H3,(H2,22,23,24). The molecule has 1 aromatic heterocycles. The molecule has 3 aromatic rings. The van der Waals surface area contributed by atoms with Crippen molar-refractivity contribution in [2.75, 3.05) is 5.32 Å². The van der Waals surface area contributed by atoms with Crippen LogP contribution in [0.4, 0.5) is 10.5 Å². The second-order valence-corrected chi connectivity index (χ2v) is 6.08. The number of hydrogen-bond acceptors (Lipinski definition) is 2. The van der Waals surface area contributed by atoms with E-state index in [2.05, 4.69) is 41.6 Å². The first-order valence-electron chi connectivity index (χ1n) is 7.99. The Morgan fingerprint density at radius 2 is 1.88 bits per heavy atom.